The molecule has 2 heterocycles. The molecule has 0 bridgehead atoms. The third-order valence-corrected chi connectivity index (χ3v) is 2.59. The molecule has 5 nitrogen and oxygen atoms in total. The number of rotatable bonds is 5. The van der Waals surface area contributed by atoms with Crippen LogP contribution in [0, 0.1) is 6.92 Å². The highest BCUT2D eigenvalue weighted by Crippen LogP contribution is 2.07. The van der Waals surface area contributed by atoms with Crippen LogP contribution >= 0.6 is 0 Å². The number of oxazole rings is 1. The van der Waals surface area contributed by atoms with Crippen LogP contribution in [0.2, 0.25) is 0 Å². The topological polar surface area (TPSA) is 55.9 Å². The molecule has 92 valence electrons. The average molecular weight is 234 g/mol. The quantitative estimate of drug-likeness (QED) is 0.853. The van der Waals surface area contributed by atoms with Gasteiger partial charge in [-0.15, -0.1) is 0 Å². The van der Waals surface area contributed by atoms with Gasteiger partial charge in [-0.3, -0.25) is 4.68 Å². The summed E-state index contributed by atoms with van der Waals surface area (Å²) in [5, 5.41) is 7.71. The minimum absolute atomic E-state index is 0.645. The van der Waals surface area contributed by atoms with Gasteiger partial charge in [0.25, 0.3) is 0 Å². The Morgan fingerprint density at radius 3 is 2.88 bits per heavy atom. The molecule has 2 aromatic rings. The van der Waals surface area contributed by atoms with Crippen molar-refractivity contribution in [2.45, 2.75) is 33.4 Å². The van der Waals surface area contributed by atoms with Crippen molar-refractivity contribution >= 4 is 0 Å². The third-order valence-electron chi connectivity index (χ3n) is 2.59. The van der Waals surface area contributed by atoms with Gasteiger partial charge in [-0.25, -0.2) is 4.98 Å². The first-order valence-electron chi connectivity index (χ1n) is 5.82. The number of hydrogen-bond donors (Lipinski definition) is 1. The van der Waals surface area contributed by atoms with Gasteiger partial charge in [0, 0.05) is 25.4 Å². The average Bonchev–Trinajstić information content (AvgIpc) is 2.85. The number of nitrogens with one attached hydrogen (secondary N) is 1. The highest BCUT2D eigenvalue weighted by atomic mass is 16.4. The van der Waals surface area contributed by atoms with Crippen molar-refractivity contribution in [2.24, 2.45) is 7.05 Å². The van der Waals surface area contributed by atoms with Crippen molar-refractivity contribution < 1.29 is 4.42 Å². The zero-order valence-electron chi connectivity index (χ0n) is 10.5. The molecule has 2 rings (SSSR count). The highest BCUT2D eigenvalue weighted by Gasteiger charge is 2.06. The second-order valence-electron chi connectivity index (χ2n) is 4.10. The molecule has 0 atom stereocenters. The van der Waals surface area contributed by atoms with Gasteiger partial charge in [0.05, 0.1) is 18.4 Å². The molecule has 0 amide bonds. The molecule has 0 radical (unpaired) electrons. The summed E-state index contributed by atoms with van der Waals surface area (Å²) in [6.07, 6.45) is 4.74. The minimum Gasteiger partial charge on any atom is -0.445 e. The van der Waals surface area contributed by atoms with Gasteiger partial charge in [0.2, 0.25) is 5.89 Å². The van der Waals surface area contributed by atoms with Crippen LogP contribution in [-0.4, -0.2) is 14.8 Å². The van der Waals surface area contributed by atoms with Gasteiger partial charge in [0.15, 0.2) is 0 Å². The Kier molecular flexibility index (Phi) is 3.58. The standard InChI is InChI=1S/C12H18N4O/c1-4-11-10(8-16(3)15-11)6-13-7-12-14-5-9(2)17-12/h5,8,13H,4,6-7H2,1-3H3. The van der Waals surface area contributed by atoms with E-state index < -0.39 is 0 Å². The van der Waals surface area contributed by atoms with E-state index in [1.165, 1.54) is 5.56 Å². The van der Waals surface area contributed by atoms with Crippen LogP contribution in [0.15, 0.2) is 16.8 Å². The Hall–Kier alpha value is -1.62. The molecule has 17 heavy (non-hydrogen) atoms. The molecule has 0 saturated carbocycles. The van der Waals surface area contributed by atoms with Crippen LogP contribution in [0.5, 0.6) is 0 Å². The zero-order chi connectivity index (χ0) is 12.3. The number of hydrogen-bond acceptors (Lipinski definition) is 4. The minimum atomic E-state index is 0.645. The van der Waals surface area contributed by atoms with Crippen LogP contribution < -0.4 is 5.32 Å². The van der Waals surface area contributed by atoms with Gasteiger partial charge in [-0.1, -0.05) is 6.92 Å². The fourth-order valence-corrected chi connectivity index (χ4v) is 1.82. The summed E-state index contributed by atoms with van der Waals surface area (Å²) in [5.41, 5.74) is 2.38. The molecule has 2 aromatic heterocycles. The summed E-state index contributed by atoms with van der Waals surface area (Å²) in [6.45, 7) is 5.44. The van der Waals surface area contributed by atoms with Crippen molar-refractivity contribution in [3.8, 4) is 0 Å². The molecule has 0 aliphatic rings. The predicted octanol–water partition coefficient (Wildman–Crippen LogP) is 1.57. The molecular formula is C12H18N4O. The maximum absolute atomic E-state index is 5.39. The Bertz CT molecular complexity index is 486. The maximum atomic E-state index is 5.39. The molecule has 0 spiro atoms. The van der Waals surface area contributed by atoms with Crippen molar-refractivity contribution in [2.75, 3.05) is 0 Å². The first-order chi connectivity index (χ1) is 8.19. The molecule has 0 saturated heterocycles. The van der Waals surface area contributed by atoms with E-state index in [0.29, 0.717) is 6.54 Å². The molecule has 0 aliphatic carbocycles. The third kappa shape index (κ3) is 2.94. The first-order valence-corrected chi connectivity index (χ1v) is 5.82. The van der Waals surface area contributed by atoms with Gasteiger partial charge in [-0.05, 0) is 13.3 Å². The molecular weight excluding hydrogens is 216 g/mol. The maximum Gasteiger partial charge on any atom is 0.208 e. The van der Waals surface area contributed by atoms with Crippen molar-refractivity contribution in [3.63, 3.8) is 0 Å². The van der Waals surface area contributed by atoms with E-state index in [1.807, 2.05) is 24.9 Å². The Balaban J connectivity index is 1.89. The summed E-state index contributed by atoms with van der Waals surface area (Å²) in [7, 11) is 1.94. The summed E-state index contributed by atoms with van der Waals surface area (Å²) >= 11 is 0. The van der Waals surface area contributed by atoms with Crippen LogP contribution in [0.1, 0.15) is 29.8 Å². The van der Waals surface area contributed by atoms with E-state index in [1.54, 1.807) is 6.20 Å². The van der Waals surface area contributed by atoms with E-state index in [0.717, 1.165) is 30.3 Å². The number of nitrogens with zero attached hydrogens (tertiary/aromatic N) is 3. The highest BCUT2D eigenvalue weighted by molar-refractivity contribution is 5.16. The van der Waals surface area contributed by atoms with E-state index in [9.17, 15) is 0 Å². The molecule has 1 N–H and O–H groups in total. The number of aryl methyl sites for hydroxylation is 3. The first kappa shape index (κ1) is 11.9. The summed E-state index contributed by atoms with van der Waals surface area (Å²) < 4.78 is 7.24. The lowest BCUT2D eigenvalue weighted by Gasteiger charge is -2.01. The second-order valence-corrected chi connectivity index (χ2v) is 4.10. The fourth-order valence-electron chi connectivity index (χ4n) is 1.82. The van der Waals surface area contributed by atoms with Gasteiger partial charge < -0.3 is 9.73 Å². The van der Waals surface area contributed by atoms with Crippen LogP contribution in [-0.2, 0) is 26.6 Å². The van der Waals surface area contributed by atoms with Crippen LogP contribution in [0.4, 0.5) is 0 Å². The predicted molar refractivity (Wildman–Crippen MR) is 64.4 cm³/mol. The van der Waals surface area contributed by atoms with Crippen molar-refractivity contribution in [3.05, 3.63) is 35.3 Å². The Labute approximate surface area is 101 Å². The molecule has 0 aliphatic heterocycles. The van der Waals surface area contributed by atoms with Crippen molar-refractivity contribution in [1.29, 1.82) is 0 Å². The number of aromatic nitrogens is 3. The van der Waals surface area contributed by atoms with Crippen molar-refractivity contribution in [1.82, 2.24) is 20.1 Å². The van der Waals surface area contributed by atoms with Gasteiger partial charge >= 0.3 is 0 Å². The Morgan fingerprint density at radius 1 is 1.41 bits per heavy atom. The van der Waals surface area contributed by atoms with E-state index >= 15 is 0 Å². The summed E-state index contributed by atoms with van der Waals surface area (Å²) in [5.74, 6) is 1.57. The monoisotopic (exact) mass is 234 g/mol. The van der Waals surface area contributed by atoms with Gasteiger partial charge in [-0.2, -0.15) is 5.10 Å². The fraction of sp³-hybridized carbons (Fsp3) is 0.500. The molecule has 0 fully saturated rings. The largest absolute Gasteiger partial charge is 0.445 e. The Morgan fingerprint density at radius 2 is 2.24 bits per heavy atom. The van der Waals surface area contributed by atoms with Crippen LogP contribution in [0.25, 0.3) is 0 Å². The SMILES string of the molecule is CCc1nn(C)cc1CNCc1ncc(C)o1. The summed E-state index contributed by atoms with van der Waals surface area (Å²) in [6, 6.07) is 0. The summed E-state index contributed by atoms with van der Waals surface area (Å²) in [4.78, 5) is 4.14. The van der Waals surface area contributed by atoms with Crippen LogP contribution in [0.3, 0.4) is 0 Å². The van der Waals surface area contributed by atoms with E-state index in [4.69, 9.17) is 4.42 Å². The van der Waals surface area contributed by atoms with E-state index in [-0.39, 0.29) is 0 Å². The lowest BCUT2D eigenvalue weighted by Crippen LogP contribution is -2.13. The molecule has 0 unspecified atom stereocenters. The lowest BCUT2D eigenvalue weighted by molar-refractivity contribution is 0.449. The normalized spacial score (nSPS) is 11.0. The lowest BCUT2D eigenvalue weighted by atomic mass is 10.2. The molecule has 5 heteroatoms. The molecule has 0 aromatic carbocycles. The van der Waals surface area contributed by atoms with E-state index in [2.05, 4.69) is 22.3 Å². The second kappa shape index (κ2) is 5.14. The smallest absolute Gasteiger partial charge is 0.208 e. The van der Waals surface area contributed by atoms with Gasteiger partial charge in [0.1, 0.15) is 5.76 Å². The zero-order valence-corrected chi connectivity index (χ0v) is 10.5.